The van der Waals surface area contributed by atoms with Crippen molar-refractivity contribution in [3.05, 3.63) is 46.9 Å². The van der Waals surface area contributed by atoms with E-state index < -0.39 is 10.1 Å². The highest BCUT2D eigenvalue weighted by Gasteiger charge is 2.20. The van der Waals surface area contributed by atoms with E-state index in [1.54, 1.807) is 24.3 Å². The Balaban J connectivity index is 2.37. The zero-order valence-electron chi connectivity index (χ0n) is 12.4. The molecule has 1 amide bonds. The van der Waals surface area contributed by atoms with Gasteiger partial charge in [-0.3, -0.25) is 4.79 Å². The molecule has 0 aliphatic heterocycles. The zero-order valence-corrected chi connectivity index (χ0v) is 14.8. The van der Waals surface area contributed by atoms with E-state index in [9.17, 15) is 13.2 Å². The molecule has 23 heavy (non-hydrogen) atoms. The Kier molecular flexibility index (Phi) is 5.27. The number of carbonyl (C=O) groups is 1. The number of nitrogens with one attached hydrogen (secondary N) is 1. The first-order chi connectivity index (χ1) is 10.8. The summed E-state index contributed by atoms with van der Waals surface area (Å²) in [7, 11) is -2.64. The summed E-state index contributed by atoms with van der Waals surface area (Å²) in [4.78, 5) is 11.1. The predicted molar refractivity (Wildman–Crippen MR) is 89.3 cm³/mol. The van der Waals surface area contributed by atoms with E-state index in [1.165, 1.54) is 32.2 Å². The van der Waals surface area contributed by atoms with Gasteiger partial charge < -0.3 is 14.2 Å². The number of ether oxygens (including phenoxy) is 1. The molecule has 0 radical (unpaired) electrons. The van der Waals surface area contributed by atoms with Crippen LogP contribution >= 0.6 is 15.9 Å². The first-order valence-electron chi connectivity index (χ1n) is 6.48. The lowest BCUT2D eigenvalue weighted by molar-refractivity contribution is -0.114. The number of hydrogen-bond donors (Lipinski definition) is 1. The molecule has 0 fully saturated rings. The number of rotatable bonds is 5. The van der Waals surface area contributed by atoms with Crippen molar-refractivity contribution in [1.29, 1.82) is 0 Å². The van der Waals surface area contributed by atoms with E-state index >= 15 is 0 Å². The molecule has 0 aliphatic carbocycles. The van der Waals surface area contributed by atoms with Gasteiger partial charge in [-0.15, -0.1) is 0 Å². The third kappa shape index (κ3) is 4.23. The largest absolute Gasteiger partial charge is 0.496 e. The van der Waals surface area contributed by atoms with Gasteiger partial charge in [-0.1, -0.05) is 12.1 Å². The van der Waals surface area contributed by atoms with E-state index in [-0.39, 0.29) is 22.2 Å². The molecule has 0 unspecified atom stereocenters. The summed E-state index contributed by atoms with van der Waals surface area (Å²) in [6.07, 6.45) is 0. The maximum atomic E-state index is 12.4. The molecule has 0 spiro atoms. The molecule has 0 heterocycles. The lowest BCUT2D eigenvalue weighted by Crippen LogP contribution is -2.13. The molecule has 0 saturated carbocycles. The number of para-hydroxylation sites is 2. The predicted octanol–water partition coefficient (Wildman–Crippen LogP) is 3.18. The highest BCUT2D eigenvalue weighted by molar-refractivity contribution is 9.10. The molecule has 2 aromatic carbocycles. The minimum Gasteiger partial charge on any atom is -0.496 e. The Morgan fingerprint density at radius 3 is 2.48 bits per heavy atom. The van der Waals surface area contributed by atoms with Gasteiger partial charge in [0.15, 0.2) is 5.75 Å². The van der Waals surface area contributed by atoms with Gasteiger partial charge in [0.05, 0.1) is 17.3 Å². The zero-order chi connectivity index (χ0) is 17.0. The molecule has 0 aromatic heterocycles. The van der Waals surface area contributed by atoms with Crippen LogP contribution in [0.3, 0.4) is 0 Å². The second kappa shape index (κ2) is 7.01. The van der Waals surface area contributed by atoms with Crippen molar-refractivity contribution in [3.63, 3.8) is 0 Å². The van der Waals surface area contributed by atoms with Crippen LogP contribution in [0, 0.1) is 0 Å². The van der Waals surface area contributed by atoms with Gasteiger partial charge in [0.2, 0.25) is 5.91 Å². The van der Waals surface area contributed by atoms with Crippen LogP contribution < -0.4 is 14.2 Å². The molecule has 2 aromatic rings. The summed E-state index contributed by atoms with van der Waals surface area (Å²) in [6, 6.07) is 10.6. The summed E-state index contributed by atoms with van der Waals surface area (Å²) in [6.45, 7) is 1.32. The Bertz CT molecular complexity index is 836. The van der Waals surface area contributed by atoms with Crippen LogP contribution in [0.2, 0.25) is 0 Å². The van der Waals surface area contributed by atoms with Crippen LogP contribution in [-0.2, 0) is 14.9 Å². The van der Waals surface area contributed by atoms with E-state index in [2.05, 4.69) is 21.2 Å². The standard InChI is InChI=1S/C15H14BrNO5S/c1-10(18)17-13-5-3-4-6-14(13)22-23(19,20)11-7-8-12(16)15(9-11)21-2/h3-9H,1-2H3,(H,17,18). The summed E-state index contributed by atoms with van der Waals surface area (Å²) in [5.41, 5.74) is 0.271. The fraction of sp³-hybridized carbons (Fsp3) is 0.133. The Hall–Kier alpha value is -2.06. The molecule has 1 N–H and O–H groups in total. The molecule has 2 rings (SSSR count). The van der Waals surface area contributed by atoms with Crippen LogP contribution in [0.5, 0.6) is 11.5 Å². The summed E-state index contributed by atoms with van der Waals surface area (Å²) < 4.78 is 35.7. The van der Waals surface area contributed by atoms with Crippen LogP contribution in [0.25, 0.3) is 0 Å². The van der Waals surface area contributed by atoms with E-state index in [4.69, 9.17) is 8.92 Å². The number of benzene rings is 2. The van der Waals surface area contributed by atoms with Crippen molar-refractivity contribution in [2.24, 2.45) is 0 Å². The average Bonchev–Trinajstić information content (AvgIpc) is 2.49. The first kappa shape index (κ1) is 17.3. The number of anilines is 1. The maximum absolute atomic E-state index is 12.4. The van der Waals surface area contributed by atoms with Crippen molar-refractivity contribution in [2.45, 2.75) is 11.8 Å². The third-order valence-corrected chi connectivity index (χ3v) is 4.69. The van der Waals surface area contributed by atoms with Crippen LogP contribution in [0.1, 0.15) is 6.92 Å². The van der Waals surface area contributed by atoms with Crippen molar-refractivity contribution < 1.29 is 22.1 Å². The molecule has 0 bridgehead atoms. The molecule has 6 nitrogen and oxygen atoms in total. The molecule has 0 aliphatic rings. The fourth-order valence-electron chi connectivity index (χ4n) is 1.79. The quantitative estimate of drug-likeness (QED) is 0.780. The minimum absolute atomic E-state index is 0.0320. The smallest absolute Gasteiger partial charge is 0.339 e. The molecule has 8 heteroatoms. The van der Waals surface area contributed by atoms with Crippen molar-refractivity contribution >= 4 is 37.6 Å². The first-order valence-corrected chi connectivity index (χ1v) is 8.68. The van der Waals surface area contributed by atoms with Crippen LogP contribution in [0.15, 0.2) is 51.8 Å². The van der Waals surface area contributed by atoms with Gasteiger partial charge in [0.1, 0.15) is 10.6 Å². The lowest BCUT2D eigenvalue weighted by atomic mass is 10.3. The molecule has 122 valence electrons. The Morgan fingerprint density at radius 1 is 1.13 bits per heavy atom. The molecule has 0 saturated heterocycles. The topological polar surface area (TPSA) is 81.7 Å². The van der Waals surface area contributed by atoms with E-state index in [1.807, 2.05) is 0 Å². The monoisotopic (exact) mass is 399 g/mol. The Labute approximate surface area is 142 Å². The maximum Gasteiger partial charge on any atom is 0.339 e. The number of halogens is 1. The highest BCUT2D eigenvalue weighted by Crippen LogP contribution is 2.31. The summed E-state index contributed by atoms with van der Waals surface area (Å²) >= 11 is 3.25. The summed E-state index contributed by atoms with van der Waals surface area (Å²) in [5.74, 6) is 0.0677. The van der Waals surface area contributed by atoms with Crippen molar-refractivity contribution in [1.82, 2.24) is 0 Å². The van der Waals surface area contributed by atoms with Crippen molar-refractivity contribution in [3.8, 4) is 11.5 Å². The number of methoxy groups -OCH3 is 1. The second-order valence-electron chi connectivity index (χ2n) is 4.51. The fourth-order valence-corrected chi connectivity index (χ4v) is 3.17. The summed E-state index contributed by atoms with van der Waals surface area (Å²) in [5, 5.41) is 2.52. The number of hydrogen-bond acceptors (Lipinski definition) is 5. The van der Waals surface area contributed by atoms with E-state index in [0.717, 1.165) is 0 Å². The SMILES string of the molecule is COc1cc(S(=O)(=O)Oc2ccccc2NC(C)=O)ccc1Br. The van der Waals surface area contributed by atoms with Crippen LogP contribution in [0.4, 0.5) is 5.69 Å². The highest BCUT2D eigenvalue weighted by atomic mass is 79.9. The Morgan fingerprint density at radius 2 is 1.83 bits per heavy atom. The normalized spacial score (nSPS) is 10.9. The van der Waals surface area contributed by atoms with Gasteiger partial charge in [0, 0.05) is 13.0 Å². The van der Waals surface area contributed by atoms with Gasteiger partial charge >= 0.3 is 10.1 Å². The second-order valence-corrected chi connectivity index (χ2v) is 6.91. The van der Waals surface area contributed by atoms with Crippen molar-refractivity contribution in [2.75, 3.05) is 12.4 Å². The van der Waals surface area contributed by atoms with Crippen LogP contribution in [-0.4, -0.2) is 21.4 Å². The van der Waals surface area contributed by atoms with Gasteiger partial charge in [-0.2, -0.15) is 8.42 Å². The van der Waals surface area contributed by atoms with E-state index in [0.29, 0.717) is 10.2 Å². The molecule has 0 atom stereocenters. The third-order valence-electron chi connectivity index (χ3n) is 2.81. The van der Waals surface area contributed by atoms with Gasteiger partial charge in [-0.05, 0) is 40.2 Å². The lowest BCUT2D eigenvalue weighted by Gasteiger charge is -2.12. The minimum atomic E-state index is -4.07. The molecular formula is C15H14BrNO5S. The van der Waals surface area contributed by atoms with Gasteiger partial charge in [0.25, 0.3) is 0 Å². The number of carbonyl (C=O) groups excluding carboxylic acids is 1. The average molecular weight is 400 g/mol. The van der Waals surface area contributed by atoms with Gasteiger partial charge in [-0.25, -0.2) is 0 Å². The molecular weight excluding hydrogens is 386 g/mol. The number of amides is 1.